The van der Waals surface area contributed by atoms with Crippen LogP contribution in [0.2, 0.25) is 0 Å². The van der Waals surface area contributed by atoms with Crippen LogP contribution in [0, 0.1) is 6.92 Å². The van der Waals surface area contributed by atoms with Crippen molar-refractivity contribution >= 4 is 68.6 Å². The van der Waals surface area contributed by atoms with Crippen LogP contribution in [-0.2, 0) is 38.9 Å². The Morgan fingerprint density at radius 2 is 1.01 bits per heavy atom. The van der Waals surface area contributed by atoms with Crippen molar-refractivity contribution in [1.82, 2.24) is 0 Å². The lowest BCUT2D eigenvalue weighted by Crippen LogP contribution is -2.62. The largest absolute Gasteiger partial charge is 0.334 e. The SMILES string of the molecule is Cc1cc2c3c(c1)N(c1ccc4c(c1)C(C)(C)CCC4(C)C)c1cc4c(cc1B3c1ccc(N3c5ccc(C(C)(C)C)cc5C5(C)CCCCC35C)cc1N2c1ccc2c(c1)-c1ccccc1C2)C(C)(C)CCC4(C)C. The molecule has 7 aliphatic rings. The molecule has 7 aromatic rings. The molecule has 4 aliphatic carbocycles. The van der Waals surface area contributed by atoms with E-state index in [1.807, 2.05) is 0 Å². The van der Waals surface area contributed by atoms with Gasteiger partial charge < -0.3 is 14.7 Å². The van der Waals surface area contributed by atoms with Crippen LogP contribution in [0.1, 0.15) is 191 Å². The quantitative estimate of drug-likeness (QED) is 0.163. The van der Waals surface area contributed by atoms with Crippen LogP contribution in [0.5, 0.6) is 0 Å². The van der Waals surface area contributed by atoms with E-state index in [0.717, 1.165) is 6.42 Å². The third-order valence-corrected chi connectivity index (χ3v) is 21.5. The average molecular weight is 998 g/mol. The van der Waals surface area contributed by atoms with Gasteiger partial charge in [-0.25, -0.2) is 0 Å². The van der Waals surface area contributed by atoms with Crippen LogP contribution in [0.3, 0.4) is 0 Å². The maximum atomic E-state index is 2.82. The number of nitrogens with zero attached hydrogens (tertiary/aromatic N) is 3. The van der Waals surface area contributed by atoms with Gasteiger partial charge in [0.1, 0.15) is 0 Å². The smallest absolute Gasteiger partial charge is 0.252 e. The third kappa shape index (κ3) is 6.60. The minimum atomic E-state index is -0.0786. The molecular formula is C72H80BN3. The molecule has 3 nitrogen and oxygen atoms in total. The predicted molar refractivity (Wildman–Crippen MR) is 326 cm³/mol. The molecule has 3 heterocycles. The van der Waals surface area contributed by atoms with Crippen molar-refractivity contribution in [2.24, 2.45) is 0 Å². The zero-order chi connectivity index (χ0) is 53.0. The summed E-state index contributed by atoms with van der Waals surface area (Å²) in [5, 5.41) is 0. The molecule has 2 atom stereocenters. The third-order valence-electron chi connectivity index (χ3n) is 21.5. The Hall–Kier alpha value is -6.00. The highest BCUT2D eigenvalue weighted by atomic mass is 15.3. The summed E-state index contributed by atoms with van der Waals surface area (Å²) in [6.07, 6.45) is 10.6. The standard InChI is InChI=1S/C72H80BN3/c1-44-35-63-65-64(36-44)75(49-24-26-53-54(40-49)68(7,8)32-31-67(53,5)6)62-43-56-55(69(9,10)33-34-70(56,11)12)42-59(62)73(65)58-27-25-50(41-61(58)74(63)48-23-21-46-37-45-19-15-16-20-51(45)52(46)39-48)76-60-28-22-47(66(2,3)4)38-57(60)71(13)29-17-18-30-72(71,76)14/h15-16,19-28,35-36,38-43H,17-18,29-34,37H2,1-14H3. The van der Waals surface area contributed by atoms with Crippen molar-refractivity contribution in [3.63, 3.8) is 0 Å². The number of hydrogen-bond donors (Lipinski definition) is 0. The van der Waals surface area contributed by atoms with Gasteiger partial charge in [0.25, 0.3) is 6.71 Å². The zero-order valence-electron chi connectivity index (χ0n) is 48.3. The Balaban J connectivity index is 1.06. The molecule has 0 radical (unpaired) electrons. The number of benzene rings is 7. The average Bonchev–Trinajstić information content (AvgIpc) is 3.91. The first-order valence-electron chi connectivity index (χ1n) is 29.3. The Kier molecular flexibility index (Phi) is 9.93. The normalized spacial score (nSPS) is 23.3. The molecule has 1 fully saturated rings. The molecule has 7 aromatic carbocycles. The monoisotopic (exact) mass is 998 g/mol. The fraction of sp³-hybridized carbons (Fsp3) is 0.417. The van der Waals surface area contributed by atoms with E-state index in [-0.39, 0.29) is 44.7 Å². The maximum Gasteiger partial charge on any atom is 0.252 e. The molecule has 3 aliphatic heterocycles. The number of hydrogen-bond acceptors (Lipinski definition) is 3. The fourth-order valence-electron chi connectivity index (χ4n) is 16.4. The van der Waals surface area contributed by atoms with Crippen molar-refractivity contribution in [1.29, 1.82) is 0 Å². The summed E-state index contributed by atoms with van der Waals surface area (Å²) >= 11 is 0. The van der Waals surface area contributed by atoms with Gasteiger partial charge in [0.05, 0.1) is 5.54 Å². The molecule has 386 valence electrons. The van der Waals surface area contributed by atoms with E-state index >= 15 is 0 Å². The maximum absolute atomic E-state index is 2.82. The van der Waals surface area contributed by atoms with E-state index in [1.54, 1.807) is 0 Å². The zero-order valence-corrected chi connectivity index (χ0v) is 48.3. The van der Waals surface area contributed by atoms with Gasteiger partial charge in [-0.1, -0.05) is 157 Å². The highest BCUT2D eigenvalue weighted by Crippen LogP contribution is 2.62. The van der Waals surface area contributed by atoms with Crippen molar-refractivity contribution < 1.29 is 0 Å². The topological polar surface area (TPSA) is 9.72 Å². The van der Waals surface area contributed by atoms with Gasteiger partial charge in [0.15, 0.2) is 0 Å². The first-order chi connectivity index (χ1) is 35.9. The summed E-state index contributed by atoms with van der Waals surface area (Å²) in [6, 6.07) is 49.9. The lowest BCUT2D eigenvalue weighted by Gasteiger charge is -2.51. The van der Waals surface area contributed by atoms with Crippen molar-refractivity contribution in [2.45, 2.75) is 193 Å². The molecular weight excluding hydrogens is 918 g/mol. The summed E-state index contributed by atoms with van der Waals surface area (Å²) in [6.45, 7) is 34.6. The number of fused-ring (bicyclic) bond motifs is 12. The second-order valence-electron chi connectivity index (χ2n) is 29.1. The summed E-state index contributed by atoms with van der Waals surface area (Å²) in [5.74, 6) is 0. The summed E-state index contributed by atoms with van der Waals surface area (Å²) < 4.78 is 0. The summed E-state index contributed by atoms with van der Waals surface area (Å²) in [4.78, 5) is 8.25. The van der Waals surface area contributed by atoms with Crippen LogP contribution >= 0.6 is 0 Å². The highest BCUT2D eigenvalue weighted by Gasteiger charge is 2.58. The summed E-state index contributed by atoms with van der Waals surface area (Å²) in [5.41, 5.74) is 30.9. The lowest BCUT2D eigenvalue weighted by atomic mass is 9.33. The lowest BCUT2D eigenvalue weighted by molar-refractivity contribution is 0.195. The van der Waals surface area contributed by atoms with Gasteiger partial charge in [-0.05, 0) is 224 Å². The minimum absolute atomic E-state index is 0.0243. The first kappa shape index (κ1) is 48.4. The minimum Gasteiger partial charge on any atom is -0.334 e. The van der Waals surface area contributed by atoms with Crippen molar-refractivity contribution in [2.75, 3.05) is 14.7 Å². The molecule has 1 saturated carbocycles. The second kappa shape index (κ2) is 15.6. The first-order valence-corrected chi connectivity index (χ1v) is 29.3. The predicted octanol–water partition coefficient (Wildman–Crippen LogP) is 17.4. The van der Waals surface area contributed by atoms with Gasteiger partial charge in [-0.2, -0.15) is 0 Å². The van der Waals surface area contributed by atoms with Crippen molar-refractivity contribution in [3.05, 3.63) is 171 Å². The number of anilines is 8. The Morgan fingerprint density at radius 3 is 1.71 bits per heavy atom. The molecule has 0 saturated heterocycles. The van der Waals surface area contributed by atoms with Gasteiger partial charge >= 0.3 is 0 Å². The fourth-order valence-corrected chi connectivity index (χ4v) is 16.4. The Labute approximate surface area is 456 Å². The van der Waals surface area contributed by atoms with E-state index in [4.69, 9.17) is 0 Å². The molecule has 14 rings (SSSR count). The van der Waals surface area contributed by atoms with Gasteiger partial charge in [-0.3, -0.25) is 0 Å². The number of rotatable bonds is 3. The molecule has 4 heteroatoms. The van der Waals surface area contributed by atoms with Crippen LogP contribution in [0.15, 0.2) is 121 Å². The molecule has 2 unspecified atom stereocenters. The molecule has 76 heavy (non-hydrogen) atoms. The van der Waals surface area contributed by atoms with E-state index in [0.29, 0.717) is 0 Å². The molecule has 0 bridgehead atoms. The Bertz CT molecular complexity index is 3650. The molecule has 0 amide bonds. The van der Waals surface area contributed by atoms with Gasteiger partial charge in [0.2, 0.25) is 0 Å². The second-order valence-corrected chi connectivity index (χ2v) is 29.1. The van der Waals surface area contributed by atoms with E-state index in [9.17, 15) is 0 Å². The van der Waals surface area contributed by atoms with E-state index in [2.05, 4.69) is 233 Å². The van der Waals surface area contributed by atoms with E-state index < -0.39 is 0 Å². The highest BCUT2D eigenvalue weighted by molar-refractivity contribution is 7.00. The van der Waals surface area contributed by atoms with Crippen LogP contribution in [0.4, 0.5) is 45.5 Å². The molecule has 0 N–H and O–H groups in total. The van der Waals surface area contributed by atoms with Crippen LogP contribution in [-0.4, -0.2) is 12.3 Å². The van der Waals surface area contributed by atoms with Gasteiger partial charge in [-0.15, -0.1) is 0 Å². The van der Waals surface area contributed by atoms with Crippen molar-refractivity contribution in [3.8, 4) is 11.1 Å². The van der Waals surface area contributed by atoms with Gasteiger partial charge in [0, 0.05) is 50.9 Å². The summed E-state index contributed by atoms with van der Waals surface area (Å²) in [7, 11) is 0. The molecule has 0 aromatic heterocycles. The van der Waals surface area contributed by atoms with Crippen LogP contribution < -0.4 is 31.1 Å². The number of aryl methyl sites for hydroxylation is 1. The van der Waals surface area contributed by atoms with Crippen LogP contribution in [0.25, 0.3) is 11.1 Å². The van der Waals surface area contributed by atoms with E-state index in [1.165, 1.54) is 174 Å². The Morgan fingerprint density at radius 1 is 0.434 bits per heavy atom. The molecule has 0 spiro atoms.